The zero-order valence-corrected chi connectivity index (χ0v) is 17.5. The molecule has 2 N–H and O–H groups in total. The van der Waals surface area contributed by atoms with Crippen LogP contribution in [0.1, 0.15) is 31.2 Å². The van der Waals surface area contributed by atoms with Crippen molar-refractivity contribution >= 4 is 17.8 Å². The Balaban J connectivity index is 0.000000469. The quantitative estimate of drug-likeness (QED) is 0.689. The van der Waals surface area contributed by atoms with Crippen molar-refractivity contribution in [1.82, 2.24) is 9.80 Å². The number of ether oxygens (including phenoxy) is 2. The van der Waals surface area contributed by atoms with Gasteiger partial charge in [-0.1, -0.05) is 12.1 Å². The molecule has 0 bridgehead atoms. The normalized spacial score (nSPS) is 17.1. The molecule has 2 aliphatic rings. The Labute approximate surface area is 176 Å². The van der Waals surface area contributed by atoms with E-state index in [1.807, 2.05) is 12.1 Å². The smallest absolute Gasteiger partial charge is 0.414 e. The molecule has 0 saturated carbocycles. The Morgan fingerprint density at radius 3 is 2.07 bits per heavy atom. The van der Waals surface area contributed by atoms with E-state index in [0.717, 1.165) is 62.6 Å². The molecular weight excluding hydrogens is 392 g/mol. The largest absolute Gasteiger partial charge is 0.493 e. The van der Waals surface area contributed by atoms with E-state index in [1.165, 1.54) is 12.8 Å². The molecule has 30 heavy (non-hydrogen) atoms. The van der Waals surface area contributed by atoms with Gasteiger partial charge in [0.05, 0.1) is 14.2 Å². The number of carbonyl (C=O) groups is 3. The maximum atomic E-state index is 12.5. The van der Waals surface area contributed by atoms with Crippen LogP contribution in [0.15, 0.2) is 18.2 Å². The summed E-state index contributed by atoms with van der Waals surface area (Å²) in [4.78, 5) is 35.2. The van der Waals surface area contributed by atoms with Crippen LogP contribution in [-0.4, -0.2) is 78.3 Å². The van der Waals surface area contributed by atoms with Gasteiger partial charge in [-0.2, -0.15) is 0 Å². The van der Waals surface area contributed by atoms with Crippen LogP contribution in [0.3, 0.4) is 0 Å². The molecule has 2 fully saturated rings. The lowest BCUT2D eigenvalue weighted by Gasteiger charge is -2.33. The second kappa shape index (κ2) is 11.4. The van der Waals surface area contributed by atoms with Gasteiger partial charge in [-0.3, -0.25) is 9.69 Å². The van der Waals surface area contributed by atoms with E-state index in [9.17, 15) is 4.79 Å². The number of rotatable bonds is 5. The van der Waals surface area contributed by atoms with Gasteiger partial charge in [0.25, 0.3) is 0 Å². The van der Waals surface area contributed by atoms with Crippen molar-refractivity contribution in [3.8, 4) is 11.5 Å². The summed E-state index contributed by atoms with van der Waals surface area (Å²) in [6, 6.07) is 6.01. The molecule has 1 amide bonds. The Bertz CT molecular complexity index is 727. The minimum Gasteiger partial charge on any atom is -0.493 e. The highest BCUT2D eigenvalue weighted by Gasteiger charge is 2.30. The predicted molar refractivity (Wildman–Crippen MR) is 109 cm³/mol. The van der Waals surface area contributed by atoms with Gasteiger partial charge >= 0.3 is 11.9 Å². The van der Waals surface area contributed by atoms with E-state index < -0.39 is 11.9 Å². The molecule has 9 heteroatoms. The van der Waals surface area contributed by atoms with Gasteiger partial charge in [-0.25, -0.2) is 9.59 Å². The number of benzene rings is 1. The third-order valence-electron chi connectivity index (χ3n) is 5.42. The molecule has 2 heterocycles. The summed E-state index contributed by atoms with van der Waals surface area (Å²) in [7, 11) is 3.35. The van der Waals surface area contributed by atoms with Gasteiger partial charge in [-0.05, 0) is 44.8 Å². The summed E-state index contributed by atoms with van der Waals surface area (Å²) >= 11 is 0. The third kappa shape index (κ3) is 6.35. The molecular formula is C21H30N2O7. The zero-order chi connectivity index (χ0) is 22.1. The third-order valence-corrected chi connectivity index (χ3v) is 5.42. The predicted octanol–water partition coefficient (Wildman–Crippen LogP) is 1.69. The van der Waals surface area contributed by atoms with Crippen LogP contribution in [0, 0.1) is 5.92 Å². The lowest BCUT2D eigenvalue weighted by atomic mass is 9.95. The van der Waals surface area contributed by atoms with Gasteiger partial charge in [0.1, 0.15) is 0 Å². The van der Waals surface area contributed by atoms with Crippen LogP contribution in [0.4, 0.5) is 0 Å². The molecule has 3 rings (SSSR count). The molecule has 0 atom stereocenters. The Morgan fingerprint density at radius 1 is 0.967 bits per heavy atom. The van der Waals surface area contributed by atoms with E-state index in [2.05, 4.69) is 15.9 Å². The SMILES string of the molecule is COc1cccc(CN2CCC(C(=O)N3CCCC3)CC2)c1OC.O=C(O)C(=O)O. The van der Waals surface area contributed by atoms with Crippen molar-refractivity contribution in [1.29, 1.82) is 0 Å². The van der Waals surface area contributed by atoms with Gasteiger partial charge in [0.15, 0.2) is 11.5 Å². The second-order valence-corrected chi connectivity index (χ2v) is 7.35. The molecule has 1 aromatic carbocycles. The number of methoxy groups -OCH3 is 2. The first-order chi connectivity index (χ1) is 14.4. The highest BCUT2D eigenvalue weighted by atomic mass is 16.5. The lowest BCUT2D eigenvalue weighted by Crippen LogP contribution is -2.41. The summed E-state index contributed by atoms with van der Waals surface area (Å²) in [5.74, 6) is -1.47. The van der Waals surface area contributed by atoms with Gasteiger partial charge in [0.2, 0.25) is 5.91 Å². The first-order valence-electron chi connectivity index (χ1n) is 10.0. The van der Waals surface area contributed by atoms with Crippen LogP contribution < -0.4 is 9.47 Å². The zero-order valence-electron chi connectivity index (χ0n) is 17.5. The van der Waals surface area contributed by atoms with Crippen molar-refractivity contribution in [2.24, 2.45) is 5.92 Å². The van der Waals surface area contributed by atoms with Crippen LogP contribution in [0.25, 0.3) is 0 Å². The molecule has 0 radical (unpaired) electrons. The molecule has 166 valence electrons. The highest BCUT2D eigenvalue weighted by molar-refractivity contribution is 6.27. The molecule has 1 aromatic rings. The van der Waals surface area contributed by atoms with E-state index in [1.54, 1.807) is 14.2 Å². The highest BCUT2D eigenvalue weighted by Crippen LogP contribution is 2.32. The molecule has 2 saturated heterocycles. The Kier molecular flexibility index (Phi) is 8.91. The molecule has 0 unspecified atom stereocenters. The molecule has 0 spiro atoms. The van der Waals surface area contributed by atoms with Gasteiger partial charge in [-0.15, -0.1) is 0 Å². The number of carboxylic acid groups (broad SMARTS) is 2. The number of aliphatic carboxylic acids is 2. The lowest BCUT2D eigenvalue weighted by molar-refractivity contribution is -0.159. The van der Waals surface area contributed by atoms with Crippen molar-refractivity contribution in [2.75, 3.05) is 40.4 Å². The second-order valence-electron chi connectivity index (χ2n) is 7.35. The molecule has 0 aliphatic carbocycles. The summed E-state index contributed by atoms with van der Waals surface area (Å²) in [6.07, 6.45) is 4.25. The first kappa shape index (κ1) is 23.5. The summed E-state index contributed by atoms with van der Waals surface area (Å²) in [5.41, 5.74) is 1.14. The van der Waals surface area contributed by atoms with Crippen molar-refractivity contribution in [3.05, 3.63) is 23.8 Å². The number of para-hydroxylation sites is 1. The summed E-state index contributed by atoms with van der Waals surface area (Å²) in [6.45, 7) is 4.68. The van der Waals surface area contributed by atoms with Crippen molar-refractivity contribution in [2.45, 2.75) is 32.2 Å². The van der Waals surface area contributed by atoms with Crippen LogP contribution in [0.5, 0.6) is 11.5 Å². The van der Waals surface area contributed by atoms with Crippen molar-refractivity contribution in [3.63, 3.8) is 0 Å². The number of nitrogens with zero attached hydrogens (tertiary/aromatic N) is 2. The Morgan fingerprint density at radius 2 is 1.57 bits per heavy atom. The minimum absolute atomic E-state index is 0.214. The maximum absolute atomic E-state index is 12.5. The minimum atomic E-state index is -1.82. The van der Waals surface area contributed by atoms with Crippen LogP contribution in [0.2, 0.25) is 0 Å². The fraction of sp³-hybridized carbons (Fsp3) is 0.571. The Hall–Kier alpha value is -2.81. The number of amides is 1. The molecule has 2 aliphatic heterocycles. The molecule has 0 aromatic heterocycles. The summed E-state index contributed by atoms with van der Waals surface area (Å²) in [5, 5.41) is 14.8. The number of carboxylic acids is 2. The fourth-order valence-corrected chi connectivity index (χ4v) is 3.85. The van der Waals surface area contributed by atoms with Crippen LogP contribution in [-0.2, 0) is 20.9 Å². The monoisotopic (exact) mass is 422 g/mol. The van der Waals surface area contributed by atoms with Gasteiger partial charge < -0.3 is 24.6 Å². The van der Waals surface area contributed by atoms with E-state index >= 15 is 0 Å². The topological polar surface area (TPSA) is 117 Å². The number of carbonyl (C=O) groups excluding carboxylic acids is 1. The average Bonchev–Trinajstić information content (AvgIpc) is 3.29. The van der Waals surface area contributed by atoms with Crippen molar-refractivity contribution < 1.29 is 34.1 Å². The summed E-state index contributed by atoms with van der Waals surface area (Å²) < 4.78 is 10.9. The average molecular weight is 422 g/mol. The van der Waals surface area contributed by atoms with Crippen LogP contribution >= 0.6 is 0 Å². The van der Waals surface area contributed by atoms with E-state index in [-0.39, 0.29) is 5.92 Å². The fourth-order valence-electron chi connectivity index (χ4n) is 3.85. The molecule has 9 nitrogen and oxygen atoms in total. The first-order valence-corrected chi connectivity index (χ1v) is 10.0. The van der Waals surface area contributed by atoms with Gasteiger partial charge in [0, 0.05) is 31.1 Å². The number of hydrogen-bond donors (Lipinski definition) is 2. The maximum Gasteiger partial charge on any atom is 0.414 e. The number of likely N-dealkylation sites (tertiary alicyclic amines) is 2. The van der Waals surface area contributed by atoms with E-state index in [0.29, 0.717) is 5.91 Å². The number of hydrogen-bond acceptors (Lipinski definition) is 6. The van der Waals surface area contributed by atoms with E-state index in [4.69, 9.17) is 29.3 Å². The standard InChI is InChI=1S/C19H28N2O3.C2H2O4/c1-23-17-7-5-6-16(18(17)24-2)14-20-12-8-15(9-13-20)19(22)21-10-3-4-11-21;3-1(4)2(5)6/h5-7,15H,3-4,8-14H2,1-2H3;(H,3,4)(H,5,6). The number of piperidine rings is 1.